The van der Waals surface area contributed by atoms with Gasteiger partial charge in [0.15, 0.2) is 0 Å². The van der Waals surface area contributed by atoms with Gasteiger partial charge in [-0.25, -0.2) is 0 Å². The van der Waals surface area contributed by atoms with Crippen molar-refractivity contribution in [2.45, 2.75) is 18.9 Å². The Morgan fingerprint density at radius 1 is 1.23 bits per heavy atom. The molecule has 142 valence electrons. The van der Waals surface area contributed by atoms with E-state index in [9.17, 15) is 9.59 Å². The Morgan fingerprint density at radius 3 is 2.69 bits per heavy atom. The number of carbonyl (C=O) groups is 2. The predicted molar refractivity (Wildman–Crippen MR) is 101 cm³/mol. The van der Waals surface area contributed by atoms with Crippen LogP contribution in [0.2, 0.25) is 5.02 Å². The van der Waals surface area contributed by atoms with Gasteiger partial charge >= 0.3 is 0 Å². The lowest BCUT2D eigenvalue weighted by Crippen LogP contribution is -2.48. The van der Waals surface area contributed by atoms with Gasteiger partial charge in [0, 0.05) is 44.8 Å². The zero-order chi connectivity index (χ0) is 18.8. The third-order valence-corrected chi connectivity index (χ3v) is 5.54. The highest BCUT2D eigenvalue weighted by Crippen LogP contribution is 2.31. The molecule has 0 spiro atoms. The van der Waals surface area contributed by atoms with Crippen molar-refractivity contribution in [3.05, 3.63) is 28.8 Å². The molecule has 3 aliphatic heterocycles. The summed E-state index contributed by atoms with van der Waals surface area (Å²) in [5, 5.41) is 0.546. The molecule has 3 aliphatic rings. The van der Waals surface area contributed by atoms with Gasteiger partial charge in [-0.15, -0.1) is 0 Å². The minimum Gasteiger partial charge on any atom is -0.496 e. The zero-order valence-corrected chi connectivity index (χ0v) is 16.3. The van der Waals surface area contributed by atoms with Crippen LogP contribution in [0.5, 0.6) is 5.75 Å². The summed E-state index contributed by atoms with van der Waals surface area (Å²) in [7, 11) is 5.10. The zero-order valence-electron chi connectivity index (χ0n) is 15.6. The van der Waals surface area contributed by atoms with Gasteiger partial charge in [-0.2, -0.15) is 0 Å². The average Bonchev–Trinajstić information content (AvgIpc) is 2.91. The molecule has 0 saturated carbocycles. The average molecular weight is 380 g/mol. The molecule has 3 fully saturated rings. The number of methoxy groups -OCH3 is 1. The number of amides is 2. The minimum atomic E-state index is -0.0194. The van der Waals surface area contributed by atoms with Crippen LogP contribution < -0.4 is 4.74 Å². The molecule has 2 unspecified atom stereocenters. The van der Waals surface area contributed by atoms with Crippen LogP contribution in [0.1, 0.15) is 23.2 Å². The Hall–Kier alpha value is -1.79. The Balaban J connectivity index is 1.78. The summed E-state index contributed by atoms with van der Waals surface area (Å²) in [4.78, 5) is 31.0. The summed E-state index contributed by atoms with van der Waals surface area (Å²) in [5.41, 5.74) is 0.542. The second-order valence-corrected chi connectivity index (χ2v) is 7.82. The fourth-order valence-corrected chi connectivity index (χ4v) is 4.05. The highest BCUT2D eigenvalue weighted by molar-refractivity contribution is 6.30. The van der Waals surface area contributed by atoms with Crippen molar-refractivity contribution in [3.63, 3.8) is 0 Å². The number of hydrogen-bond donors (Lipinski definition) is 0. The predicted octanol–water partition coefficient (Wildman–Crippen LogP) is 1.97. The molecule has 0 aliphatic carbocycles. The molecule has 2 atom stereocenters. The molecule has 2 amide bonds. The third-order valence-electron chi connectivity index (χ3n) is 5.30. The number of halogens is 1. The molecule has 3 saturated heterocycles. The minimum absolute atomic E-state index is 0.0194. The first kappa shape index (κ1) is 19.0. The molecule has 1 aromatic rings. The normalized spacial score (nSPS) is 22.8. The molecule has 4 rings (SSSR count). The van der Waals surface area contributed by atoms with Gasteiger partial charge in [-0.05, 0) is 37.0 Å². The number of hydrogen-bond acceptors (Lipinski definition) is 4. The fraction of sp³-hybridized carbons (Fsp3) is 0.579. The number of nitrogens with zero attached hydrogens (tertiary/aromatic N) is 3. The molecular weight excluding hydrogens is 354 g/mol. The highest BCUT2D eigenvalue weighted by atomic mass is 35.5. The van der Waals surface area contributed by atoms with E-state index < -0.39 is 0 Å². The second kappa shape index (κ2) is 7.84. The Bertz CT molecular complexity index is 695. The largest absolute Gasteiger partial charge is 0.496 e. The van der Waals surface area contributed by atoms with Crippen LogP contribution in [0.4, 0.5) is 0 Å². The van der Waals surface area contributed by atoms with Gasteiger partial charge < -0.3 is 14.5 Å². The number of benzene rings is 1. The SMILES string of the molecule is COc1cc(Cl)ccc1C(=O)N1CC2CCC1CN(CC(=O)N(C)C)C2. The summed E-state index contributed by atoms with van der Waals surface area (Å²) < 4.78 is 5.36. The molecule has 1 aromatic carbocycles. The van der Waals surface area contributed by atoms with Gasteiger partial charge in [0.2, 0.25) is 5.91 Å². The van der Waals surface area contributed by atoms with Crippen LogP contribution in [0, 0.1) is 5.92 Å². The van der Waals surface area contributed by atoms with Crippen molar-refractivity contribution in [2.24, 2.45) is 5.92 Å². The summed E-state index contributed by atoms with van der Waals surface area (Å²) in [6.07, 6.45) is 2.07. The van der Waals surface area contributed by atoms with E-state index in [4.69, 9.17) is 16.3 Å². The van der Waals surface area contributed by atoms with E-state index in [2.05, 4.69) is 4.90 Å². The van der Waals surface area contributed by atoms with Crippen LogP contribution in [-0.4, -0.2) is 79.9 Å². The number of rotatable bonds is 4. The third kappa shape index (κ3) is 3.96. The van der Waals surface area contributed by atoms with Crippen molar-refractivity contribution in [3.8, 4) is 5.75 Å². The summed E-state index contributed by atoms with van der Waals surface area (Å²) in [6, 6.07) is 5.24. The van der Waals surface area contributed by atoms with E-state index >= 15 is 0 Å². The maximum Gasteiger partial charge on any atom is 0.257 e. The standard InChI is InChI=1S/C19H26ClN3O3/c1-21(2)18(24)12-22-9-13-4-6-15(11-22)23(10-13)19(25)16-7-5-14(20)8-17(16)26-3/h5,7-8,13,15H,4,6,9-12H2,1-3H3. The number of likely N-dealkylation sites (N-methyl/N-ethyl adjacent to an activating group) is 1. The lowest BCUT2D eigenvalue weighted by atomic mass is 9.94. The molecule has 2 bridgehead atoms. The quantitative estimate of drug-likeness (QED) is 0.802. The monoisotopic (exact) mass is 379 g/mol. The summed E-state index contributed by atoms with van der Waals surface area (Å²) >= 11 is 6.02. The van der Waals surface area contributed by atoms with Gasteiger partial charge in [-0.3, -0.25) is 14.5 Å². The first-order valence-electron chi connectivity index (χ1n) is 8.96. The second-order valence-electron chi connectivity index (χ2n) is 7.38. The van der Waals surface area contributed by atoms with E-state index in [1.54, 1.807) is 44.3 Å². The van der Waals surface area contributed by atoms with Gasteiger partial charge in [0.1, 0.15) is 5.75 Å². The van der Waals surface area contributed by atoms with Crippen molar-refractivity contribution in [2.75, 3.05) is 47.4 Å². The van der Waals surface area contributed by atoms with Gasteiger partial charge in [0.05, 0.1) is 19.2 Å². The van der Waals surface area contributed by atoms with Crippen molar-refractivity contribution >= 4 is 23.4 Å². The highest BCUT2D eigenvalue weighted by Gasteiger charge is 2.38. The molecule has 6 nitrogen and oxygen atoms in total. The Morgan fingerprint density at radius 2 is 2.00 bits per heavy atom. The van der Waals surface area contributed by atoms with E-state index in [1.165, 1.54) is 0 Å². The summed E-state index contributed by atoms with van der Waals surface area (Å²) in [5.74, 6) is 0.978. The van der Waals surface area contributed by atoms with Crippen molar-refractivity contribution < 1.29 is 14.3 Å². The first-order valence-corrected chi connectivity index (χ1v) is 9.34. The van der Waals surface area contributed by atoms with Crippen LogP contribution in [0.3, 0.4) is 0 Å². The fourth-order valence-electron chi connectivity index (χ4n) is 3.89. The number of fused-ring (bicyclic) bond motifs is 4. The van der Waals surface area contributed by atoms with Crippen molar-refractivity contribution in [1.29, 1.82) is 0 Å². The molecular formula is C19H26ClN3O3. The van der Waals surface area contributed by atoms with Crippen LogP contribution in [-0.2, 0) is 4.79 Å². The molecule has 26 heavy (non-hydrogen) atoms. The Kier molecular flexibility index (Phi) is 5.73. The topological polar surface area (TPSA) is 53.1 Å². The van der Waals surface area contributed by atoms with E-state index in [0.717, 1.165) is 32.5 Å². The van der Waals surface area contributed by atoms with Crippen LogP contribution >= 0.6 is 11.6 Å². The lowest BCUT2D eigenvalue weighted by Gasteiger charge is -2.36. The smallest absolute Gasteiger partial charge is 0.257 e. The maximum atomic E-state index is 13.2. The maximum absolute atomic E-state index is 13.2. The number of ether oxygens (including phenoxy) is 1. The molecule has 7 heteroatoms. The molecule has 0 N–H and O–H groups in total. The number of piperidine rings is 1. The first-order chi connectivity index (χ1) is 12.4. The number of carbonyl (C=O) groups excluding carboxylic acids is 2. The lowest BCUT2D eigenvalue weighted by molar-refractivity contribution is -0.129. The molecule has 0 radical (unpaired) electrons. The molecule has 0 aromatic heterocycles. The summed E-state index contributed by atoms with van der Waals surface area (Å²) in [6.45, 7) is 2.73. The Labute approximate surface area is 159 Å². The van der Waals surface area contributed by atoms with E-state index in [1.807, 2.05) is 4.90 Å². The van der Waals surface area contributed by atoms with Crippen LogP contribution in [0.15, 0.2) is 18.2 Å². The van der Waals surface area contributed by atoms with Gasteiger partial charge in [-0.1, -0.05) is 11.6 Å². The van der Waals surface area contributed by atoms with Crippen molar-refractivity contribution in [1.82, 2.24) is 14.7 Å². The van der Waals surface area contributed by atoms with Crippen LogP contribution in [0.25, 0.3) is 0 Å². The molecule has 3 heterocycles. The van der Waals surface area contributed by atoms with Gasteiger partial charge in [0.25, 0.3) is 5.91 Å². The van der Waals surface area contributed by atoms with E-state index in [0.29, 0.717) is 28.8 Å². The van der Waals surface area contributed by atoms with E-state index in [-0.39, 0.29) is 17.9 Å².